The maximum Gasteiger partial charge on any atom is 0.283 e. The first kappa shape index (κ1) is 20.5. The maximum absolute atomic E-state index is 13.5. The van der Waals surface area contributed by atoms with Gasteiger partial charge in [-0.25, -0.2) is 0 Å². The Bertz CT molecular complexity index is 1470. The number of fused-ring (bicyclic) bond motifs is 1. The van der Waals surface area contributed by atoms with Crippen LogP contribution in [-0.4, -0.2) is 23.2 Å². The summed E-state index contributed by atoms with van der Waals surface area (Å²) in [7, 11) is 1.96. The van der Waals surface area contributed by atoms with Crippen molar-refractivity contribution >= 4 is 56.7 Å². The third kappa shape index (κ3) is 3.14. The van der Waals surface area contributed by atoms with Crippen LogP contribution < -0.4 is 24.7 Å². The number of aromatic nitrogens is 1. The van der Waals surface area contributed by atoms with Gasteiger partial charge in [0.15, 0.2) is 0 Å². The highest BCUT2D eigenvalue weighted by Crippen LogP contribution is 2.44. The molecule has 3 heterocycles. The van der Waals surface area contributed by atoms with Gasteiger partial charge in [0.1, 0.15) is 14.2 Å². The molecule has 0 radical (unpaired) electrons. The molecule has 0 spiro atoms. The number of anilines is 2. The molecule has 0 fully saturated rings. The van der Waals surface area contributed by atoms with Gasteiger partial charge in [0.05, 0.1) is 22.7 Å². The Morgan fingerprint density at radius 1 is 1.06 bits per heavy atom. The Morgan fingerprint density at radius 3 is 2.50 bits per heavy atom. The van der Waals surface area contributed by atoms with Gasteiger partial charge in [0.2, 0.25) is 0 Å². The molecule has 0 saturated carbocycles. The van der Waals surface area contributed by atoms with Gasteiger partial charge >= 0.3 is 0 Å². The van der Waals surface area contributed by atoms with E-state index >= 15 is 0 Å². The highest BCUT2D eigenvalue weighted by atomic mass is 32.2. The molecule has 6 nitrogen and oxygen atoms in total. The van der Waals surface area contributed by atoms with Crippen molar-refractivity contribution < 1.29 is 4.79 Å². The molecule has 2 aliphatic heterocycles. The van der Waals surface area contributed by atoms with E-state index in [0.29, 0.717) is 32.7 Å². The minimum absolute atomic E-state index is 0.127. The fraction of sp³-hybridized carbons (Fsp3) is 0.125. The quantitative estimate of drug-likeness (QED) is 0.564. The first-order chi connectivity index (χ1) is 15.5. The van der Waals surface area contributed by atoms with Crippen molar-refractivity contribution in [3.63, 3.8) is 0 Å². The van der Waals surface area contributed by atoms with Gasteiger partial charge in [0.25, 0.3) is 11.5 Å². The number of hydrogen-bond donors (Lipinski definition) is 0. The Balaban J connectivity index is 1.74. The number of thiazole rings is 1. The van der Waals surface area contributed by atoms with E-state index in [1.165, 1.54) is 16.3 Å². The van der Waals surface area contributed by atoms with Gasteiger partial charge in [-0.2, -0.15) is 10.1 Å². The summed E-state index contributed by atoms with van der Waals surface area (Å²) in [5.74, 6) is -0.236. The summed E-state index contributed by atoms with van der Waals surface area (Å²) >= 11 is 2.91. The molecule has 0 bridgehead atoms. The number of thioether (sulfide) groups is 1. The lowest BCUT2D eigenvalue weighted by Gasteiger charge is -2.11. The smallest absolute Gasteiger partial charge is 0.283 e. The lowest BCUT2D eigenvalue weighted by atomic mass is 10.2. The van der Waals surface area contributed by atoms with Crippen molar-refractivity contribution in [2.45, 2.75) is 18.4 Å². The number of rotatable bonds is 3. The first-order valence-electron chi connectivity index (χ1n) is 10.1. The Morgan fingerprint density at radius 2 is 1.78 bits per heavy atom. The molecule has 8 heteroatoms. The summed E-state index contributed by atoms with van der Waals surface area (Å²) in [6, 6.07) is 17.4. The van der Waals surface area contributed by atoms with E-state index in [1.54, 1.807) is 29.3 Å². The molecule has 5 rings (SSSR count). The predicted molar refractivity (Wildman–Crippen MR) is 133 cm³/mol. The van der Waals surface area contributed by atoms with Crippen LogP contribution in [0.3, 0.4) is 0 Å². The van der Waals surface area contributed by atoms with Crippen LogP contribution in [0.25, 0.3) is 10.6 Å². The second kappa shape index (κ2) is 7.96. The van der Waals surface area contributed by atoms with Crippen LogP contribution in [0.4, 0.5) is 11.4 Å². The van der Waals surface area contributed by atoms with Gasteiger partial charge in [0, 0.05) is 18.5 Å². The highest BCUT2D eigenvalue weighted by Gasteiger charge is 2.32. The van der Waals surface area contributed by atoms with Crippen LogP contribution in [0, 0.1) is 0 Å². The van der Waals surface area contributed by atoms with E-state index < -0.39 is 0 Å². The van der Waals surface area contributed by atoms with Crippen LogP contribution in [-0.2, 0) is 11.3 Å². The average Bonchev–Trinajstić information content (AvgIpc) is 3.41. The van der Waals surface area contributed by atoms with Crippen molar-refractivity contribution in [2.24, 2.45) is 5.10 Å². The van der Waals surface area contributed by atoms with Gasteiger partial charge in [-0.3, -0.25) is 14.2 Å². The largest absolute Gasteiger partial charge is 0.337 e. The maximum atomic E-state index is 13.5. The number of allylic oxidation sites excluding steroid dienone is 1. The topological polar surface area (TPSA) is 57.9 Å². The number of nitrogens with zero attached hydrogens (tertiary/aromatic N) is 4. The summed E-state index contributed by atoms with van der Waals surface area (Å²) in [5.41, 5.74) is 2.67. The molecule has 0 atom stereocenters. The van der Waals surface area contributed by atoms with Gasteiger partial charge in [-0.05, 0) is 31.2 Å². The fourth-order valence-corrected chi connectivity index (χ4v) is 6.37. The Kier molecular flexibility index (Phi) is 5.11. The summed E-state index contributed by atoms with van der Waals surface area (Å²) < 4.78 is 2.84. The zero-order chi connectivity index (χ0) is 22.4. The lowest BCUT2D eigenvalue weighted by molar-refractivity contribution is -0.112. The van der Waals surface area contributed by atoms with E-state index in [9.17, 15) is 9.59 Å². The number of carbonyl (C=O) groups is 1. The number of para-hydroxylation sites is 2. The van der Waals surface area contributed by atoms with Crippen LogP contribution >= 0.6 is 23.1 Å². The van der Waals surface area contributed by atoms with Crippen molar-refractivity contribution in [3.05, 3.63) is 86.8 Å². The first-order valence-corrected chi connectivity index (χ1v) is 11.7. The summed E-state index contributed by atoms with van der Waals surface area (Å²) in [4.78, 5) is 30.0. The summed E-state index contributed by atoms with van der Waals surface area (Å²) in [6.07, 6.45) is 1.67. The monoisotopic (exact) mass is 460 g/mol. The molecule has 1 aromatic heterocycles. The number of benzene rings is 2. The van der Waals surface area contributed by atoms with E-state index in [1.807, 2.05) is 66.5 Å². The van der Waals surface area contributed by atoms with Gasteiger partial charge in [-0.15, -0.1) is 17.9 Å². The fourth-order valence-electron chi connectivity index (χ4n) is 3.82. The molecule has 2 aromatic carbocycles. The molecule has 1 amide bonds. The minimum Gasteiger partial charge on any atom is -0.337 e. The minimum atomic E-state index is -0.236. The van der Waals surface area contributed by atoms with Crippen molar-refractivity contribution in [1.82, 2.24) is 4.57 Å². The predicted octanol–water partition coefficient (Wildman–Crippen LogP) is 2.98. The number of hydrogen-bond acceptors (Lipinski definition) is 6. The van der Waals surface area contributed by atoms with Crippen LogP contribution in [0.1, 0.15) is 6.92 Å². The van der Waals surface area contributed by atoms with E-state index in [2.05, 4.69) is 11.7 Å². The zero-order valence-corrected chi connectivity index (χ0v) is 19.2. The Hall–Kier alpha value is -3.36. The Labute approximate surface area is 193 Å². The van der Waals surface area contributed by atoms with Crippen LogP contribution in [0.5, 0.6) is 0 Å². The normalized spacial score (nSPS) is 18.8. The number of carbonyl (C=O) groups excluding carboxylic acids is 1. The summed E-state index contributed by atoms with van der Waals surface area (Å²) in [6.45, 7) is 5.92. The van der Waals surface area contributed by atoms with Crippen molar-refractivity contribution in [2.75, 3.05) is 17.0 Å². The third-order valence-electron chi connectivity index (χ3n) is 5.36. The third-order valence-corrected chi connectivity index (χ3v) is 7.92. The molecule has 2 aliphatic rings. The standard InChI is InChI=1S/C24H20N4O2S2/c1-4-14-27-22(30)20(24-26(3)17-12-8-9-13-18(17)31-24)32-23(27)19-15(2)25-28(21(19)29)16-10-6-5-7-11-16/h4-13H,1,14H2,2-3H3/b23-19?,24-20-. The van der Waals surface area contributed by atoms with Crippen LogP contribution in [0.15, 0.2) is 82.0 Å². The second-order valence-electron chi connectivity index (χ2n) is 7.39. The van der Waals surface area contributed by atoms with E-state index in [0.717, 1.165) is 15.6 Å². The molecule has 32 heavy (non-hydrogen) atoms. The van der Waals surface area contributed by atoms with E-state index in [-0.39, 0.29) is 11.5 Å². The highest BCUT2D eigenvalue weighted by molar-refractivity contribution is 8.08. The molecule has 0 saturated heterocycles. The SMILES string of the molecule is C=CCn1c(=C2C(=O)N(c3ccccc3)N=C2C)s/c(=C2\Sc3ccccc3N2C)c1=O. The molecule has 160 valence electrons. The van der Waals surface area contributed by atoms with Crippen molar-refractivity contribution in [1.29, 1.82) is 0 Å². The lowest BCUT2D eigenvalue weighted by Crippen LogP contribution is -2.35. The van der Waals surface area contributed by atoms with Gasteiger partial charge < -0.3 is 4.90 Å². The van der Waals surface area contributed by atoms with Crippen molar-refractivity contribution in [3.8, 4) is 0 Å². The van der Waals surface area contributed by atoms with E-state index in [4.69, 9.17) is 0 Å². The molecular weight excluding hydrogens is 440 g/mol. The number of amides is 1. The molecule has 0 aliphatic carbocycles. The number of hydrazone groups is 1. The molecule has 0 N–H and O–H groups in total. The second-order valence-corrected chi connectivity index (χ2v) is 9.42. The summed E-state index contributed by atoms with van der Waals surface area (Å²) in [5, 5.41) is 6.75. The zero-order valence-electron chi connectivity index (χ0n) is 17.6. The average molecular weight is 461 g/mol. The molecule has 0 unspecified atom stereocenters. The molecular formula is C24H20N4O2S2. The van der Waals surface area contributed by atoms with Gasteiger partial charge in [-0.1, -0.05) is 48.2 Å². The van der Waals surface area contributed by atoms with Crippen LogP contribution in [0.2, 0.25) is 0 Å². The molecule has 3 aromatic rings.